The minimum absolute atomic E-state index is 0.0481. The summed E-state index contributed by atoms with van der Waals surface area (Å²) in [5.41, 5.74) is 0. The number of ether oxygens (including phenoxy) is 2. The summed E-state index contributed by atoms with van der Waals surface area (Å²) in [6, 6.07) is 0. The monoisotopic (exact) mass is 182 g/mol. The number of rotatable bonds is 2. The molecule has 0 N–H and O–H groups in total. The Morgan fingerprint density at radius 1 is 1.62 bits per heavy atom. The lowest BCUT2D eigenvalue weighted by molar-refractivity contribution is -0.146. The molecule has 70 valence electrons. The van der Waals surface area contributed by atoms with Gasteiger partial charge in [0.25, 0.3) is 0 Å². The highest BCUT2D eigenvalue weighted by Crippen LogP contribution is 2.63. The number of esters is 1. The minimum Gasteiger partial charge on any atom is -0.466 e. The molecule has 3 aliphatic rings. The van der Waals surface area contributed by atoms with Crippen molar-refractivity contribution in [2.45, 2.75) is 19.1 Å². The van der Waals surface area contributed by atoms with E-state index in [4.69, 9.17) is 9.47 Å². The van der Waals surface area contributed by atoms with Crippen LogP contribution in [0, 0.1) is 17.8 Å². The van der Waals surface area contributed by atoms with Crippen LogP contribution in [0.3, 0.4) is 0 Å². The molecule has 0 aromatic carbocycles. The zero-order valence-corrected chi connectivity index (χ0v) is 7.23. The van der Waals surface area contributed by atoms with E-state index in [0.29, 0.717) is 6.61 Å². The standard InChI is InChI=1S/C9H10O4/c1-2-12-9(11)5-3-4(5)7-8(13-7)6(3)10/h3-5,7-8H,2H2,1H3/t3-,4-,5-,7-,8+/m1/s1. The van der Waals surface area contributed by atoms with Gasteiger partial charge in [-0.25, -0.2) is 0 Å². The molecule has 4 nitrogen and oxygen atoms in total. The van der Waals surface area contributed by atoms with Crippen LogP contribution in [-0.4, -0.2) is 30.6 Å². The molecule has 4 heteroatoms. The van der Waals surface area contributed by atoms with Gasteiger partial charge in [0, 0.05) is 11.8 Å². The predicted octanol–water partition coefficient (Wildman–Crippen LogP) is -0.238. The Morgan fingerprint density at radius 3 is 2.92 bits per heavy atom. The van der Waals surface area contributed by atoms with Gasteiger partial charge in [-0.2, -0.15) is 0 Å². The molecule has 0 spiro atoms. The molecular weight excluding hydrogens is 172 g/mol. The van der Waals surface area contributed by atoms with E-state index < -0.39 is 0 Å². The van der Waals surface area contributed by atoms with Crippen molar-refractivity contribution in [3.8, 4) is 0 Å². The number of Topliss-reactive ketones (excluding diaryl/α,β-unsaturated/α-hetero) is 1. The molecule has 0 radical (unpaired) electrons. The van der Waals surface area contributed by atoms with Gasteiger partial charge in [0.1, 0.15) is 6.10 Å². The highest BCUT2D eigenvalue weighted by atomic mass is 16.6. The van der Waals surface area contributed by atoms with Crippen LogP contribution in [0.25, 0.3) is 0 Å². The van der Waals surface area contributed by atoms with Crippen LogP contribution in [-0.2, 0) is 19.1 Å². The predicted molar refractivity (Wildman–Crippen MR) is 40.8 cm³/mol. The number of carbonyl (C=O) groups excluding carboxylic acids is 2. The van der Waals surface area contributed by atoms with Crippen molar-refractivity contribution < 1.29 is 19.1 Å². The SMILES string of the molecule is CCOC(=O)[C@@H]1[C@@H]2C(=O)[C@@H]3O[C@@H]3[C@@H]12. The summed E-state index contributed by atoms with van der Waals surface area (Å²) in [7, 11) is 0. The van der Waals surface area contributed by atoms with Gasteiger partial charge in [-0.15, -0.1) is 0 Å². The molecule has 0 unspecified atom stereocenters. The lowest BCUT2D eigenvalue weighted by Crippen LogP contribution is -2.16. The molecular formula is C9H10O4. The molecule has 13 heavy (non-hydrogen) atoms. The smallest absolute Gasteiger partial charge is 0.310 e. The summed E-state index contributed by atoms with van der Waals surface area (Å²) in [4.78, 5) is 22.7. The molecule has 0 amide bonds. The second kappa shape index (κ2) is 2.12. The summed E-state index contributed by atoms with van der Waals surface area (Å²) in [6.45, 7) is 2.16. The van der Waals surface area contributed by atoms with E-state index in [0.717, 1.165) is 0 Å². The van der Waals surface area contributed by atoms with Crippen LogP contribution >= 0.6 is 0 Å². The number of hydrogen-bond donors (Lipinski definition) is 0. The number of epoxide rings is 1. The van der Waals surface area contributed by atoms with E-state index in [2.05, 4.69) is 0 Å². The van der Waals surface area contributed by atoms with E-state index in [-0.39, 0.29) is 41.7 Å². The summed E-state index contributed by atoms with van der Waals surface area (Å²) in [5.74, 6) is -0.205. The first-order chi connectivity index (χ1) is 6.25. The van der Waals surface area contributed by atoms with E-state index in [1.54, 1.807) is 6.92 Å². The first kappa shape index (κ1) is 7.50. The van der Waals surface area contributed by atoms with Crippen molar-refractivity contribution in [2.24, 2.45) is 17.8 Å². The molecule has 1 aliphatic heterocycles. The normalized spacial score (nSPS) is 49.6. The number of carbonyl (C=O) groups is 2. The molecule has 0 bridgehead atoms. The van der Waals surface area contributed by atoms with Crippen LogP contribution in [0.4, 0.5) is 0 Å². The van der Waals surface area contributed by atoms with Gasteiger partial charge in [-0.05, 0) is 6.92 Å². The van der Waals surface area contributed by atoms with Gasteiger partial charge < -0.3 is 9.47 Å². The molecule has 1 heterocycles. The van der Waals surface area contributed by atoms with Gasteiger partial charge in [-0.3, -0.25) is 9.59 Å². The van der Waals surface area contributed by atoms with Gasteiger partial charge in [0.2, 0.25) is 0 Å². The Balaban J connectivity index is 1.72. The summed E-state index contributed by atoms with van der Waals surface area (Å²) >= 11 is 0. The highest BCUT2D eigenvalue weighted by Gasteiger charge is 2.77. The van der Waals surface area contributed by atoms with E-state index in [1.807, 2.05) is 0 Å². The topological polar surface area (TPSA) is 55.9 Å². The van der Waals surface area contributed by atoms with Crippen molar-refractivity contribution in [3.05, 3.63) is 0 Å². The Bertz CT molecular complexity index is 298. The van der Waals surface area contributed by atoms with Gasteiger partial charge >= 0.3 is 5.97 Å². The Morgan fingerprint density at radius 2 is 2.38 bits per heavy atom. The van der Waals surface area contributed by atoms with E-state index in [1.165, 1.54) is 0 Å². The minimum atomic E-state index is -0.222. The third-order valence-electron chi connectivity index (χ3n) is 3.15. The van der Waals surface area contributed by atoms with Gasteiger partial charge in [0.15, 0.2) is 5.78 Å². The van der Waals surface area contributed by atoms with E-state index >= 15 is 0 Å². The molecule has 2 saturated carbocycles. The first-order valence-corrected chi connectivity index (χ1v) is 4.61. The maximum absolute atomic E-state index is 11.4. The summed E-state index contributed by atoms with van der Waals surface area (Å²) < 4.78 is 9.99. The second-order valence-electron chi connectivity index (χ2n) is 3.80. The number of hydrogen-bond acceptors (Lipinski definition) is 4. The summed E-state index contributed by atoms with van der Waals surface area (Å²) in [6.07, 6.45) is -0.118. The molecule has 0 aromatic heterocycles. The molecule has 3 rings (SSSR count). The lowest BCUT2D eigenvalue weighted by atomic mass is 10.1. The zero-order chi connectivity index (χ0) is 9.16. The van der Waals surface area contributed by atoms with Crippen molar-refractivity contribution in [3.63, 3.8) is 0 Å². The fourth-order valence-corrected chi connectivity index (χ4v) is 2.49. The number of ketones is 1. The Kier molecular flexibility index (Phi) is 1.22. The number of fused-ring (bicyclic) bond motifs is 3. The first-order valence-electron chi connectivity index (χ1n) is 4.61. The van der Waals surface area contributed by atoms with Crippen LogP contribution in [0.5, 0.6) is 0 Å². The van der Waals surface area contributed by atoms with Crippen molar-refractivity contribution in [1.82, 2.24) is 0 Å². The Hall–Kier alpha value is -0.900. The summed E-state index contributed by atoms with van der Waals surface area (Å²) in [5, 5.41) is 0. The van der Waals surface area contributed by atoms with Crippen molar-refractivity contribution >= 4 is 11.8 Å². The average molecular weight is 182 g/mol. The van der Waals surface area contributed by atoms with Crippen LogP contribution in [0.15, 0.2) is 0 Å². The van der Waals surface area contributed by atoms with E-state index in [9.17, 15) is 9.59 Å². The largest absolute Gasteiger partial charge is 0.466 e. The molecule has 2 aliphatic carbocycles. The van der Waals surface area contributed by atoms with Crippen LogP contribution < -0.4 is 0 Å². The molecule has 0 aromatic rings. The lowest BCUT2D eigenvalue weighted by Gasteiger charge is -2.00. The average Bonchev–Trinajstić information content (AvgIpc) is 2.96. The van der Waals surface area contributed by atoms with Crippen LogP contribution in [0.2, 0.25) is 0 Å². The molecule has 3 fully saturated rings. The quantitative estimate of drug-likeness (QED) is 0.437. The second-order valence-corrected chi connectivity index (χ2v) is 3.80. The zero-order valence-electron chi connectivity index (χ0n) is 7.23. The fourth-order valence-electron chi connectivity index (χ4n) is 2.49. The van der Waals surface area contributed by atoms with Crippen molar-refractivity contribution in [1.29, 1.82) is 0 Å². The molecule has 1 saturated heterocycles. The molecule has 5 atom stereocenters. The Labute approximate surface area is 75.2 Å². The maximum Gasteiger partial charge on any atom is 0.310 e. The van der Waals surface area contributed by atoms with Gasteiger partial charge in [0.05, 0.1) is 18.6 Å². The fraction of sp³-hybridized carbons (Fsp3) is 0.778. The third kappa shape index (κ3) is 0.790. The third-order valence-corrected chi connectivity index (χ3v) is 3.15. The van der Waals surface area contributed by atoms with Crippen molar-refractivity contribution in [2.75, 3.05) is 6.61 Å². The maximum atomic E-state index is 11.4. The van der Waals surface area contributed by atoms with Crippen LogP contribution in [0.1, 0.15) is 6.92 Å². The highest BCUT2D eigenvalue weighted by molar-refractivity contribution is 6.00. The van der Waals surface area contributed by atoms with Gasteiger partial charge in [-0.1, -0.05) is 0 Å².